The van der Waals surface area contributed by atoms with Gasteiger partial charge in [0.2, 0.25) is 0 Å². The summed E-state index contributed by atoms with van der Waals surface area (Å²) in [5.41, 5.74) is 1.73. The van der Waals surface area contributed by atoms with E-state index in [1.165, 1.54) is 0 Å². The summed E-state index contributed by atoms with van der Waals surface area (Å²) in [6.07, 6.45) is 2.09. The lowest BCUT2D eigenvalue weighted by atomic mass is 10.1. The zero-order valence-corrected chi connectivity index (χ0v) is 13.5. The maximum atomic E-state index is 14.4. The monoisotopic (exact) mass is 280 g/mol. The zero-order chi connectivity index (χ0) is 15.1. The zero-order valence-electron chi connectivity index (χ0n) is 13.5. The van der Waals surface area contributed by atoms with Gasteiger partial charge in [-0.2, -0.15) is 0 Å². The highest BCUT2D eigenvalue weighted by Gasteiger charge is 2.20. The average molecular weight is 280 g/mol. The van der Waals surface area contributed by atoms with Gasteiger partial charge in [-0.25, -0.2) is 4.39 Å². The Morgan fingerprint density at radius 1 is 1.20 bits per heavy atom. The molecule has 2 nitrogen and oxygen atoms in total. The largest absolute Gasteiger partial charge is 0.366 e. The van der Waals surface area contributed by atoms with Crippen LogP contribution in [0.1, 0.15) is 46.1 Å². The molecule has 0 atom stereocenters. The number of hydrogen-bond donors (Lipinski definition) is 1. The fourth-order valence-corrected chi connectivity index (χ4v) is 2.66. The Morgan fingerprint density at radius 2 is 1.85 bits per heavy atom. The van der Waals surface area contributed by atoms with Gasteiger partial charge in [0.1, 0.15) is 5.82 Å². The van der Waals surface area contributed by atoms with Crippen molar-refractivity contribution in [1.29, 1.82) is 0 Å². The average Bonchev–Trinajstić information content (AvgIpc) is 2.39. The Labute approximate surface area is 123 Å². The molecule has 0 fully saturated rings. The molecule has 20 heavy (non-hydrogen) atoms. The van der Waals surface area contributed by atoms with Crippen molar-refractivity contribution >= 4 is 5.69 Å². The Balaban J connectivity index is 3.06. The van der Waals surface area contributed by atoms with Gasteiger partial charge >= 0.3 is 0 Å². The van der Waals surface area contributed by atoms with E-state index in [0.29, 0.717) is 18.5 Å². The quantitative estimate of drug-likeness (QED) is 0.768. The molecule has 0 saturated heterocycles. The third-order valence-corrected chi connectivity index (χ3v) is 3.65. The van der Waals surface area contributed by atoms with Crippen LogP contribution in [-0.4, -0.2) is 19.6 Å². The summed E-state index contributed by atoms with van der Waals surface area (Å²) in [4.78, 5) is 2.24. The first-order valence-corrected chi connectivity index (χ1v) is 7.73. The molecule has 1 aromatic carbocycles. The molecule has 0 bridgehead atoms. The van der Waals surface area contributed by atoms with E-state index >= 15 is 0 Å². The lowest BCUT2D eigenvalue weighted by molar-refractivity contribution is 0.495. The smallest absolute Gasteiger partial charge is 0.146 e. The highest BCUT2D eigenvalue weighted by Crippen LogP contribution is 2.26. The Kier molecular flexibility index (Phi) is 7.00. The molecule has 0 spiro atoms. The molecule has 0 aliphatic rings. The molecule has 1 N–H and O–H groups in total. The molecule has 0 radical (unpaired) electrons. The highest BCUT2D eigenvalue weighted by molar-refractivity contribution is 5.50. The molecule has 0 aliphatic heterocycles. The van der Waals surface area contributed by atoms with Gasteiger partial charge in [0.15, 0.2) is 0 Å². The minimum absolute atomic E-state index is 0.106. The second-order valence-corrected chi connectivity index (χ2v) is 5.83. The first-order valence-electron chi connectivity index (χ1n) is 7.73. The number of nitrogens with zero attached hydrogens (tertiary/aromatic N) is 1. The van der Waals surface area contributed by atoms with Gasteiger partial charge in [0.05, 0.1) is 5.69 Å². The van der Waals surface area contributed by atoms with E-state index in [4.69, 9.17) is 0 Å². The van der Waals surface area contributed by atoms with Crippen molar-refractivity contribution in [2.45, 2.75) is 53.1 Å². The van der Waals surface area contributed by atoms with E-state index in [9.17, 15) is 4.39 Å². The summed E-state index contributed by atoms with van der Waals surface area (Å²) in [7, 11) is 1.88. The molecule has 3 heteroatoms. The van der Waals surface area contributed by atoms with E-state index < -0.39 is 0 Å². The minimum atomic E-state index is -0.106. The summed E-state index contributed by atoms with van der Waals surface area (Å²) < 4.78 is 14.4. The molecular weight excluding hydrogens is 251 g/mol. The first-order chi connectivity index (χ1) is 9.53. The van der Waals surface area contributed by atoms with Crippen LogP contribution in [0.4, 0.5) is 10.1 Å². The van der Waals surface area contributed by atoms with Crippen LogP contribution in [0.25, 0.3) is 0 Å². The molecule has 1 aromatic rings. The molecule has 0 amide bonds. The Morgan fingerprint density at radius 3 is 2.30 bits per heavy atom. The maximum absolute atomic E-state index is 14.4. The van der Waals surface area contributed by atoms with Gasteiger partial charge < -0.3 is 10.2 Å². The van der Waals surface area contributed by atoms with Crippen LogP contribution in [0, 0.1) is 11.7 Å². The lowest BCUT2D eigenvalue weighted by Gasteiger charge is -2.34. The van der Waals surface area contributed by atoms with Crippen LogP contribution < -0.4 is 10.2 Å². The van der Waals surface area contributed by atoms with Crippen molar-refractivity contribution in [3.63, 3.8) is 0 Å². The molecule has 0 heterocycles. The second-order valence-electron chi connectivity index (χ2n) is 5.83. The van der Waals surface area contributed by atoms with E-state index in [1.54, 1.807) is 6.07 Å². The molecule has 0 aliphatic carbocycles. The number of hydrogen-bond acceptors (Lipinski definition) is 2. The summed E-state index contributed by atoms with van der Waals surface area (Å²) in [6.45, 7) is 10.3. The molecule has 0 aromatic heterocycles. The van der Waals surface area contributed by atoms with Crippen LogP contribution in [-0.2, 0) is 6.54 Å². The Hall–Kier alpha value is -1.09. The summed E-state index contributed by atoms with van der Waals surface area (Å²) in [5.74, 6) is 0.414. The number of benzene rings is 1. The van der Waals surface area contributed by atoms with Gasteiger partial charge in [-0.15, -0.1) is 0 Å². The van der Waals surface area contributed by atoms with E-state index in [2.05, 4.69) is 37.9 Å². The van der Waals surface area contributed by atoms with Crippen LogP contribution in [0.5, 0.6) is 0 Å². The van der Waals surface area contributed by atoms with Crippen LogP contribution >= 0.6 is 0 Å². The molecule has 0 unspecified atom stereocenters. The highest BCUT2D eigenvalue weighted by atomic mass is 19.1. The van der Waals surface area contributed by atoms with E-state index in [0.717, 1.165) is 30.6 Å². The molecule has 0 saturated carbocycles. The maximum Gasteiger partial charge on any atom is 0.146 e. The van der Waals surface area contributed by atoms with E-state index in [-0.39, 0.29) is 5.82 Å². The summed E-state index contributed by atoms with van der Waals surface area (Å²) in [6, 6.07) is 6.01. The number of rotatable bonds is 8. The minimum Gasteiger partial charge on any atom is -0.366 e. The molecular formula is C17H29FN2. The normalized spacial score (nSPS) is 11.4. The topological polar surface area (TPSA) is 15.3 Å². The lowest BCUT2D eigenvalue weighted by Crippen LogP contribution is -2.38. The number of anilines is 1. The summed E-state index contributed by atoms with van der Waals surface area (Å²) >= 11 is 0. The third kappa shape index (κ3) is 4.48. The van der Waals surface area contributed by atoms with Gasteiger partial charge in [-0.3, -0.25) is 0 Å². The van der Waals surface area contributed by atoms with Gasteiger partial charge in [0, 0.05) is 19.1 Å². The Bertz CT molecular complexity index is 400. The standard InChI is InChI=1S/C17H29FN2/c1-6-15(7-2)20(12-13(3)4)17-9-8-14(11-19-5)10-16(17)18/h8-10,13,15,19H,6-7,11-12H2,1-5H3. The van der Waals surface area contributed by atoms with Crippen molar-refractivity contribution < 1.29 is 4.39 Å². The van der Waals surface area contributed by atoms with E-state index in [1.807, 2.05) is 19.2 Å². The summed E-state index contributed by atoms with van der Waals surface area (Å²) in [5, 5.41) is 3.06. The van der Waals surface area contributed by atoms with Gasteiger partial charge in [-0.05, 0) is 43.5 Å². The second kappa shape index (κ2) is 8.25. The van der Waals surface area contributed by atoms with Crippen molar-refractivity contribution in [2.75, 3.05) is 18.5 Å². The third-order valence-electron chi connectivity index (χ3n) is 3.65. The van der Waals surface area contributed by atoms with Crippen LogP contribution in [0.3, 0.4) is 0 Å². The number of halogens is 1. The van der Waals surface area contributed by atoms with Crippen molar-refractivity contribution in [1.82, 2.24) is 5.32 Å². The first kappa shape index (κ1) is 17.0. The van der Waals surface area contributed by atoms with Crippen LogP contribution in [0.15, 0.2) is 18.2 Å². The fraction of sp³-hybridized carbons (Fsp3) is 0.647. The van der Waals surface area contributed by atoms with Crippen LogP contribution in [0.2, 0.25) is 0 Å². The molecule has 1 rings (SSSR count). The fourth-order valence-electron chi connectivity index (χ4n) is 2.66. The van der Waals surface area contributed by atoms with Crippen molar-refractivity contribution in [3.8, 4) is 0 Å². The van der Waals surface area contributed by atoms with Gasteiger partial charge in [-0.1, -0.05) is 33.8 Å². The predicted octanol–water partition coefficient (Wildman–Crippen LogP) is 4.20. The van der Waals surface area contributed by atoms with Crippen molar-refractivity contribution in [3.05, 3.63) is 29.6 Å². The SMILES string of the molecule is CCC(CC)N(CC(C)C)c1ccc(CNC)cc1F. The van der Waals surface area contributed by atoms with Gasteiger partial charge in [0.25, 0.3) is 0 Å². The van der Waals surface area contributed by atoms with Crippen molar-refractivity contribution in [2.24, 2.45) is 5.92 Å². The predicted molar refractivity (Wildman–Crippen MR) is 85.7 cm³/mol. The number of nitrogens with one attached hydrogen (secondary N) is 1. The molecule has 114 valence electrons.